The molecule has 0 unspecified atom stereocenters. The van der Waals surface area contributed by atoms with Crippen LogP contribution in [-0.2, 0) is 19.5 Å². The minimum atomic E-state index is 0.740. The van der Waals surface area contributed by atoms with Crippen molar-refractivity contribution in [1.82, 2.24) is 9.88 Å². The van der Waals surface area contributed by atoms with Gasteiger partial charge in [-0.25, -0.2) is 4.98 Å². The first kappa shape index (κ1) is 16.1. The molecule has 0 atom stereocenters. The second-order valence-electron chi connectivity index (χ2n) is 5.32. The average molecular weight is 303 g/mol. The lowest BCUT2D eigenvalue weighted by Gasteiger charge is -2.21. The van der Waals surface area contributed by atoms with Gasteiger partial charge in [0.1, 0.15) is 0 Å². The minimum Gasteiger partial charge on any atom is -0.330 e. The van der Waals surface area contributed by atoms with Crippen molar-refractivity contribution >= 4 is 11.3 Å². The van der Waals surface area contributed by atoms with Crippen molar-refractivity contribution in [2.75, 3.05) is 13.1 Å². The van der Waals surface area contributed by atoms with Crippen LogP contribution in [0.25, 0.3) is 0 Å². The zero-order valence-corrected chi connectivity index (χ0v) is 13.6. The first-order valence-corrected chi connectivity index (χ1v) is 8.59. The monoisotopic (exact) mass is 303 g/mol. The smallest absolute Gasteiger partial charge is 0.0928 e. The van der Waals surface area contributed by atoms with Crippen LogP contribution >= 0.6 is 11.3 Å². The fraction of sp³-hybridized carbons (Fsp3) is 0.471. The number of hydrogen-bond acceptors (Lipinski definition) is 4. The first-order valence-electron chi connectivity index (χ1n) is 7.71. The van der Waals surface area contributed by atoms with Gasteiger partial charge in [-0.2, -0.15) is 0 Å². The zero-order valence-electron chi connectivity index (χ0n) is 12.8. The summed E-state index contributed by atoms with van der Waals surface area (Å²) in [5.41, 5.74) is 8.20. The Hall–Kier alpha value is -1.23. The SMILES string of the molecule is CCCc1nc(CN(CCCN)Cc2ccccc2)cs1. The summed E-state index contributed by atoms with van der Waals surface area (Å²) in [5, 5.41) is 3.46. The number of benzene rings is 1. The Kier molecular flexibility index (Phi) is 6.86. The van der Waals surface area contributed by atoms with E-state index in [1.807, 2.05) is 0 Å². The normalized spacial score (nSPS) is 11.2. The van der Waals surface area contributed by atoms with Crippen LogP contribution in [0.5, 0.6) is 0 Å². The zero-order chi connectivity index (χ0) is 14.9. The molecule has 1 aromatic carbocycles. The van der Waals surface area contributed by atoms with Gasteiger partial charge >= 0.3 is 0 Å². The molecule has 0 aliphatic heterocycles. The number of hydrogen-bond donors (Lipinski definition) is 1. The van der Waals surface area contributed by atoms with Crippen LogP contribution in [0.2, 0.25) is 0 Å². The van der Waals surface area contributed by atoms with Crippen LogP contribution < -0.4 is 5.73 Å². The van der Waals surface area contributed by atoms with Gasteiger partial charge in [0.15, 0.2) is 0 Å². The molecule has 0 amide bonds. The fourth-order valence-electron chi connectivity index (χ4n) is 2.35. The molecule has 3 nitrogen and oxygen atoms in total. The van der Waals surface area contributed by atoms with E-state index in [4.69, 9.17) is 10.7 Å². The predicted molar refractivity (Wildman–Crippen MR) is 90.3 cm³/mol. The van der Waals surface area contributed by atoms with E-state index in [0.29, 0.717) is 0 Å². The number of aromatic nitrogens is 1. The molecule has 21 heavy (non-hydrogen) atoms. The molecule has 0 radical (unpaired) electrons. The number of aryl methyl sites for hydroxylation is 1. The van der Waals surface area contributed by atoms with Crippen molar-refractivity contribution in [3.05, 3.63) is 52.0 Å². The molecule has 1 aromatic heterocycles. The minimum absolute atomic E-state index is 0.740. The highest BCUT2D eigenvalue weighted by atomic mass is 32.1. The van der Waals surface area contributed by atoms with Gasteiger partial charge in [0, 0.05) is 25.0 Å². The molecule has 0 spiro atoms. The van der Waals surface area contributed by atoms with Gasteiger partial charge in [-0.1, -0.05) is 37.3 Å². The molecule has 4 heteroatoms. The van der Waals surface area contributed by atoms with E-state index in [2.05, 4.69) is 47.5 Å². The van der Waals surface area contributed by atoms with Crippen LogP contribution in [0, 0.1) is 0 Å². The van der Waals surface area contributed by atoms with Gasteiger partial charge in [0.25, 0.3) is 0 Å². The molecule has 2 aromatic rings. The molecule has 0 saturated carbocycles. The number of rotatable bonds is 9. The quantitative estimate of drug-likeness (QED) is 0.771. The summed E-state index contributed by atoms with van der Waals surface area (Å²) in [7, 11) is 0. The third-order valence-corrected chi connectivity index (χ3v) is 4.33. The molecule has 0 fully saturated rings. The molecule has 1 heterocycles. The Morgan fingerprint density at radius 3 is 2.71 bits per heavy atom. The lowest BCUT2D eigenvalue weighted by molar-refractivity contribution is 0.252. The lowest BCUT2D eigenvalue weighted by atomic mass is 10.2. The second-order valence-corrected chi connectivity index (χ2v) is 6.26. The van der Waals surface area contributed by atoms with Gasteiger partial charge in [0.05, 0.1) is 10.7 Å². The van der Waals surface area contributed by atoms with E-state index < -0.39 is 0 Å². The molecular weight excluding hydrogens is 278 g/mol. The van der Waals surface area contributed by atoms with E-state index in [0.717, 1.165) is 45.4 Å². The van der Waals surface area contributed by atoms with Gasteiger partial charge in [-0.05, 0) is 31.4 Å². The van der Waals surface area contributed by atoms with E-state index in [9.17, 15) is 0 Å². The molecular formula is C17H25N3S. The predicted octanol–water partition coefficient (Wildman–Crippen LogP) is 3.45. The topological polar surface area (TPSA) is 42.2 Å². The summed E-state index contributed by atoms with van der Waals surface area (Å²) in [5.74, 6) is 0. The first-order chi connectivity index (χ1) is 10.3. The maximum absolute atomic E-state index is 5.67. The summed E-state index contributed by atoms with van der Waals surface area (Å²) in [6, 6.07) is 10.6. The Morgan fingerprint density at radius 2 is 2.00 bits per heavy atom. The van der Waals surface area contributed by atoms with Crippen molar-refractivity contribution in [3.63, 3.8) is 0 Å². The molecule has 0 bridgehead atoms. The highest BCUT2D eigenvalue weighted by Gasteiger charge is 2.09. The summed E-state index contributed by atoms with van der Waals surface area (Å²) in [4.78, 5) is 7.17. The molecule has 2 N–H and O–H groups in total. The summed E-state index contributed by atoms with van der Waals surface area (Å²) >= 11 is 1.78. The van der Waals surface area contributed by atoms with Crippen LogP contribution in [0.15, 0.2) is 35.7 Å². The van der Waals surface area contributed by atoms with Crippen molar-refractivity contribution < 1.29 is 0 Å². The third kappa shape index (κ3) is 5.58. The number of thiazole rings is 1. The maximum atomic E-state index is 5.67. The van der Waals surface area contributed by atoms with Crippen LogP contribution in [0.4, 0.5) is 0 Å². The highest BCUT2D eigenvalue weighted by molar-refractivity contribution is 7.09. The Balaban J connectivity index is 1.97. The standard InChI is InChI=1S/C17H25N3S/c1-2-7-17-19-16(14-21-17)13-20(11-6-10-18)12-15-8-4-3-5-9-15/h3-5,8-9,14H,2,6-7,10-13,18H2,1H3. The molecule has 114 valence electrons. The highest BCUT2D eigenvalue weighted by Crippen LogP contribution is 2.15. The Labute approximate surface area is 131 Å². The van der Waals surface area contributed by atoms with E-state index in [1.54, 1.807) is 11.3 Å². The van der Waals surface area contributed by atoms with Crippen molar-refractivity contribution in [2.24, 2.45) is 5.73 Å². The summed E-state index contributed by atoms with van der Waals surface area (Å²) in [6.45, 7) is 5.83. The van der Waals surface area contributed by atoms with E-state index in [1.165, 1.54) is 16.3 Å². The van der Waals surface area contributed by atoms with Gasteiger partial charge in [-0.3, -0.25) is 4.90 Å². The second kappa shape index (κ2) is 8.93. The van der Waals surface area contributed by atoms with E-state index in [-0.39, 0.29) is 0 Å². The van der Waals surface area contributed by atoms with E-state index >= 15 is 0 Å². The number of nitrogens with zero attached hydrogens (tertiary/aromatic N) is 2. The number of nitrogens with two attached hydrogens (primary N) is 1. The maximum Gasteiger partial charge on any atom is 0.0928 e. The third-order valence-electron chi connectivity index (χ3n) is 3.38. The van der Waals surface area contributed by atoms with Gasteiger partial charge < -0.3 is 5.73 Å². The largest absolute Gasteiger partial charge is 0.330 e. The fourth-order valence-corrected chi connectivity index (χ4v) is 3.24. The van der Waals surface area contributed by atoms with Gasteiger partial charge in [-0.15, -0.1) is 11.3 Å². The Morgan fingerprint density at radius 1 is 1.19 bits per heavy atom. The molecule has 0 aliphatic carbocycles. The average Bonchev–Trinajstić information content (AvgIpc) is 2.93. The molecule has 0 aliphatic rings. The lowest BCUT2D eigenvalue weighted by Crippen LogP contribution is -2.25. The molecule has 0 saturated heterocycles. The van der Waals surface area contributed by atoms with Gasteiger partial charge in [0.2, 0.25) is 0 Å². The van der Waals surface area contributed by atoms with Crippen molar-refractivity contribution in [2.45, 2.75) is 39.3 Å². The summed E-state index contributed by atoms with van der Waals surface area (Å²) < 4.78 is 0. The molecule has 2 rings (SSSR count). The van der Waals surface area contributed by atoms with Crippen molar-refractivity contribution in [1.29, 1.82) is 0 Å². The van der Waals surface area contributed by atoms with Crippen LogP contribution in [0.3, 0.4) is 0 Å². The summed E-state index contributed by atoms with van der Waals surface area (Å²) in [6.07, 6.45) is 3.28. The van der Waals surface area contributed by atoms with Crippen LogP contribution in [0.1, 0.15) is 36.0 Å². The Bertz CT molecular complexity index is 510. The van der Waals surface area contributed by atoms with Crippen LogP contribution in [-0.4, -0.2) is 23.0 Å². The van der Waals surface area contributed by atoms with Crippen molar-refractivity contribution in [3.8, 4) is 0 Å².